The smallest absolute Gasteiger partial charge is 0.260 e. The van der Waals surface area contributed by atoms with Gasteiger partial charge < -0.3 is 14.4 Å². The van der Waals surface area contributed by atoms with Crippen molar-refractivity contribution in [2.24, 2.45) is 0 Å². The van der Waals surface area contributed by atoms with Crippen LogP contribution in [-0.2, 0) is 19.6 Å². The highest BCUT2D eigenvalue weighted by atomic mass is 32.2. The Kier molecular flexibility index (Phi) is 6.59. The highest BCUT2D eigenvalue weighted by Gasteiger charge is 2.18. The van der Waals surface area contributed by atoms with Crippen LogP contribution < -0.4 is 9.46 Å². The number of carbonyl (C=O) groups is 1. The van der Waals surface area contributed by atoms with Crippen LogP contribution in [0.4, 0.5) is 0 Å². The zero-order chi connectivity index (χ0) is 17.6. The minimum absolute atomic E-state index is 0.0722. The second-order valence-electron chi connectivity index (χ2n) is 5.68. The van der Waals surface area contributed by atoms with Gasteiger partial charge in [-0.3, -0.25) is 4.79 Å². The number of ether oxygens (including phenoxy) is 2. The van der Waals surface area contributed by atoms with Crippen LogP contribution in [0.3, 0.4) is 0 Å². The third-order valence-corrected chi connectivity index (χ3v) is 5.43. The summed E-state index contributed by atoms with van der Waals surface area (Å²) in [5, 5.41) is 0. The summed E-state index contributed by atoms with van der Waals surface area (Å²) in [6.45, 7) is 5.88. The maximum Gasteiger partial charge on any atom is 0.260 e. The minimum Gasteiger partial charge on any atom is -0.484 e. The zero-order valence-electron chi connectivity index (χ0n) is 14.0. The van der Waals surface area contributed by atoms with Gasteiger partial charge in [-0.15, -0.1) is 0 Å². The van der Waals surface area contributed by atoms with Gasteiger partial charge in [-0.05, 0) is 37.6 Å². The van der Waals surface area contributed by atoms with Crippen molar-refractivity contribution < 1.29 is 22.7 Å². The van der Waals surface area contributed by atoms with E-state index in [4.69, 9.17) is 9.47 Å². The quantitative estimate of drug-likeness (QED) is 0.788. The van der Waals surface area contributed by atoms with Crippen LogP contribution in [0.15, 0.2) is 29.2 Å². The lowest BCUT2D eigenvalue weighted by Crippen LogP contribution is -2.42. The van der Waals surface area contributed by atoms with E-state index < -0.39 is 10.0 Å². The molecule has 1 fully saturated rings. The third kappa shape index (κ3) is 5.19. The van der Waals surface area contributed by atoms with E-state index in [1.807, 2.05) is 13.8 Å². The summed E-state index contributed by atoms with van der Waals surface area (Å²) in [5.74, 6) is 0.354. The summed E-state index contributed by atoms with van der Waals surface area (Å²) in [5.41, 5.74) is 0. The van der Waals surface area contributed by atoms with E-state index in [0.29, 0.717) is 38.5 Å². The number of amides is 1. The van der Waals surface area contributed by atoms with Gasteiger partial charge in [-0.25, -0.2) is 13.1 Å². The Morgan fingerprint density at radius 1 is 1.29 bits per heavy atom. The fourth-order valence-corrected chi connectivity index (χ4v) is 3.51. The van der Waals surface area contributed by atoms with E-state index >= 15 is 0 Å². The van der Waals surface area contributed by atoms with Gasteiger partial charge in [0, 0.05) is 19.1 Å². The second kappa shape index (κ2) is 8.46. The van der Waals surface area contributed by atoms with Crippen molar-refractivity contribution >= 4 is 15.9 Å². The molecule has 1 atom stereocenters. The molecule has 0 bridgehead atoms. The summed E-state index contributed by atoms with van der Waals surface area (Å²) in [7, 11) is -3.53. The van der Waals surface area contributed by atoms with E-state index in [2.05, 4.69) is 4.72 Å². The third-order valence-electron chi connectivity index (χ3n) is 3.83. The highest BCUT2D eigenvalue weighted by molar-refractivity contribution is 7.89. The molecule has 1 aliphatic heterocycles. The summed E-state index contributed by atoms with van der Waals surface area (Å²) in [4.78, 5) is 13.9. The van der Waals surface area contributed by atoms with Crippen LogP contribution in [0.25, 0.3) is 0 Å². The van der Waals surface area contributed by atoms with Gasteiger partial charge in [-0.1, -0.05) is 6.92 Å². The lowest BCUT2D eigenvalue weighted by molar-refractivity contribution is -0.137. The molecule has 1 heterocycles. The van der Waals surface area contributed by atoms with Crippen LogP contribution in [0, 0.1) is 0 Å². The summed E-state index contributed by atoms with van der Waals surface area (Å²) < 4.78 is 37.6. The molecule has 134 valence electrons. The number of hydrogen-bond acceptors (Lipinski definition) is 5. The largest absolute Gasteiger partial charge is 0.484 e. The molecule has 7 nitrogen and oxygen atoms in total. The van der Waals surface area contributed by atoms with Crippen molar-refractivity contribution in [2.45, 2.75) is 31.2 Å². The number of benzene rings is 1. The van der Waals surface area contributed by atoms with Crippen LogP contribution in [0.1, 0.15) is 20.3 Å². The van der Waals surface area contributed by atoms with Crippen molar-refractivity contribution in [1.29, 1.82) is 0 Å². The molecular formula is C16H24N2O5S. The van der Waals surface area contributed by atoms with Gasteiger partial charge in [0.1, 0.15) is 5.75 Å². The second-order valence-corrected chi connectivity index (χ2v) is 7.40. The number of rotatable bonds is 7. The topological polar surface area (TPSA) is 84.9 Å². The predicted octanol–water partition coefficient (Wildman–Crippen LogP) is 1.00. The number of nitrogens with one attached hydrogen (secondary N) is 1. The average molecular weight is 356 g/mol. The first-order valence-electron chi connectivity index (χ1n) is 8.03. The number of nitrogens with zero attached hydrogens (tertiary/aromatic N) is 1. The van der Waals surface area contributed by atoms with Gasteiger partial charge >= 0.3 is 0 Å². The molecule has 1 amide bonds. The Hall–Kier alpha value is -1.64. The maximum absolute atomic E-state index is 12.2. The first-order valence-corrected chi connectivity index (χ1v) is 9.51. The Balaban J connectivity index is 1.91. The fraction of sp³-hybridized carbons (Fsp3) is 0.562. The molecular weight excluding hydrogens is 332 g/mol. The molecule has 1 unspecified atom stereocenters. The zero-order valence-corrected chi connectivity index (χ0v) is 14.8. The van der Waals surface area contributed by atoms with Gasteiger partial charge in [0.05, 0.1) is 18.1 Å². The van der Waals surface area contributed by atoms with Crippen LogP contribution in [0.5, 0.6) is 5.75 Å². The van der Waals surface area contributed by atoms with Gasteiger partial charge in [0.15, 0.2) is 6.61 Å². The molecule has 1 aromatic rings. The fourth-order valence-electron chi connectivity index (χ4n) is 2.18. The standard InChI is InChI=1S/C16H24N2O5S/c1-3-13(2)17-24(20,21)15-6-4-14(5-7-15)23-12-16(19)18-8-10-22-11-9-18/h4-7,13,17H,3,8-12H2,1-2H3. The molecule has 1 aromatic carbocycles. The van der Waals surface area contributed by atoms with E-state index in [9.17, 15) is 13.2 Å². The van der Waals surface area contributed by atoms with Gasteiger partial charge in [0.25, 0.3) is 5.91 Å². The van der Waals surface area contributed by atoms with Crippen molar-refractivity contribution in [1.82, 2.24) is 9.62 Å². The number of morpholine rings is 1. The molecule has 0 saturated carbocycles. The van der Waals surface area contributed by atoms with Crippen molar-refractivity contribution in [3.8, 4) is 5.75 Å². The van der Waals surface area contributed by atoms with Gasteiger partial charge in [-0.2, -0.15) is 0 Å². The van der Waals surface area contributed by atoms with Gasteiger partial charge in [0.2, 0.25) is 10.0 Å². The molecule has 0 spiro atoms. The summed E-state index contributed by atoms with van der Waals surface area (Å²) in [6.07, 6.45) is 0.712. The Morgan fingerprint density at radius 2 is 1.92 bits per heavy atom. The van der Waals surface area contributed by atoms with Crippen LogP contribution >= 0.6 is 0 Å². The average Bonchev–Trinajstić information content (AvgIpc) is 2.60. The summed E-state index contributed by atoms with van der Waals surface area (Å²) >= 11 is 0. The first kappa shape index (κ1) is 18.7. The Morgan fingerprint density at radius 3 is 2.50 bits per heavy atom. The monoisotopic (exact) mass is 356 g/mol. The Labute approximate surface area is 143 Å². The number of sulfonamides is 1. The highest BCUT2D eigenvalue weighted by Crippen LogP contribution is 2.16. The molecule has 8 heteroatoms. The van der Waals surface area contributed by atoms with Crippen LogP contribution in [0.2, 0.25) is 0 Å². The minimum atomic E-state index is -3.53. The molecule has 0 radical (unpaired) electrons. The molecule has 2 rings (SSSR count). The van der Waals surface area contributed by atoms with E-state index in [1.165, 1.54) is 12.1 Å². The van der Waals surface area contributed by atoms with E-state index in [1.54, 1.807) is 17.0 Å². The summed E-state index contributed by atoms with van der Waals surface area (Å²) in [6, 6.07) is 5.92. The molecule has 24 heavy (non-hydrogen) atoms. The van der Waals surface area contributed by atoms with Crippen molar-refractivity contribution in [3.63, 3.8) is 0 Å². The molecule has 0 aliphatic carbocycles. The van der Waals surface area contributed by atoms with E-state index in [-0.39, 0.29) is 23.5 Å². The van der Waals surface area contributed by atoms with Crippen molar-refractivity contribution in [3.05, 3.63) is 24.3 Å². The molecule has 1 N–H and O–H groups in total. The predicted molar refractivity (Wildman–Crippen MR) is 89.4 cm³/mol. The first-order chi connectivity index (χ1) is 11.4. The molecule has 0 aromatic heterocycles. The number of hydrogen-bond donors (Lipinski definition) is 1. The Bertz CT molecular complexity index is 639. The van der Waals surface area contributed by atoms with Crippen molar-refractivity contribution in [2.75, 3.05) is 32.9 Å². The molecule has 1 saturated heterocycles. The SMILES string of the molecule is CCC(C)NS(=O)(=O)c1ccc(OCC(=O)N2CCOCC2)cc1. The maximum atomic E-state index is 12.2. The van der Waals surface area contributed by atoms with Crippen LogP contribution in [-0.4, -0.2) is 58.2 Å². The lowest BCUT2D eigenvalue weighted by Gasteiger charge is -2.26. The lowest BCUT2D eigenvalue weighted by atomic mass is 10.3. The number of carbonyl (C=O) groups excluding carboxylic acids is 1. The normalized spacial score (nSPS) is 16.7. The molecule has 1 aliphatic rings. The van der Waals surface area contributed by atoms with E-state index in [0.717, 1.165) is 0 Å².